The number of hydrogen-bond donors (Lipinski definition) is 1. The quantitative estimate of drug-likeness (QED) is 0.468. The van der Waals surface area contributed by atoms with Gasteiger partial charge in [-0.3, -0.25) is 4.79 Å². The van der Waals surface area contributed by atoms with Gasteiger partial charge in [-0.2, -0.15) is 0 Å². The van der Waals surface area contributed by atoms with Gasteiger partial charge in [-0.25, -0.2) is 0 Å². The first kappa shape index (κ1) is 21.8. The maximum atomic E-state index is 13.2. The van der Waals surface area contributed by atoms with Gasteiger partial charge in [0.2, 0.25) is 0 Å². The van der Waals surface area contributed by atoms with Gasteiger partial charge in [0.15, 0.2) is 0 Å². The van der Waals surface area contributed by atoms with Crippen LogP contribution in [0.1, 0.15) is 117 Å². The largest absolute Gasteiger partial charge is 0.393 e. The highest BCUT2D eigenvalue weighted by atomic mass is 16.3. The van der Waals surface area contributed by atoms with Crippen LogP contribution in [0.4, 0.5) is 0 Å². The summed E-state index contributed by atoms with van der Waals surface area (Å²) in [7, 11) is 0. The summed E-state index contributed by atoms with van der Waals surface area (Å²) in [5, 5.41) is 10.2. The maximum Gasteiger partial charge on any atom is 0.136 e. The van der Waals surface area contributed by atoms with Crippen molar-refractivity contribution in [2.24, 2.45) is 40.4 Å². The Morgan fingerprint density at radius 3 is 2.38 bits per heavy atom. The zero-order valence-corrected chi connectivity index (χ0v) is 19.4. The van der Waals surface area contributed by atoms with Gasteiger partial charge in [-0.05, 0) is 85.9 Å². The highest BCUT2D eigenvalue weighted by Gasteiger charge is 2.61. The van der Waals surface area contributed by atoms with Crippen molar-refractivity contribution in [3.8, 4) is 0 Å². The van der Waals surface area contributed by atoms with Crippen LogP contribution < -0.4 is 0 Å². The summed E-state index contributed by atoms with van der Waals surface area (Å²) >= 11 is 0. The Bertz CT molecular complexity index is 585. The summed E-state index contributed by atoms with van der Waals surface area (Å²) in [6, 6.07) is 0. The summed E-state index contributed by atoms with van der Waals surface area (Å²) in [6.45, 7) is 7.32. The van der Waals surface area contributed by atoms with Crippen LogP contribution in [-0.2, 0) is 4.79 Å². The fourth-order valence-corrected chi connectivity index (χ4v) is 8.77. The molecule has 0 heterocycles. The number of rotatable bonds is 7. The second-order valence-corrected chi connectivity index (χ2v) is 11.9. The third-order valence-corrected chi connectivity index (χ3v) is 10.5. The topological polar surface area (TPSA) is 37.3 Å². The number of carbonyl (C=O) groups is 1. The Hall–Kier alpha value is -0.370. The molecule has 0 spiro atoms. The van der Waals surface area contributed by atoms with E-state index in [1.165, 1.54) is 70.6 Å². The van der Waals surface area contributed by atoms with Gasteiger partial charge in [-0.1, -0.05) is 59.3 Å². The molecule has 4 rings (SSSR count). The van der Waals surface area contributed by atoms with E-state index in [0.717, 1.165) is 43.4 Å². The fraction of sp³-hybridized carbons (Fsp3) is 0.963. The molecule has 166 valence electrons. The zero-order valence-electron chi connectivity index (χ0n) is 19.4. The third kappa shape index (κ3) is 3.85. The standard InChI is InChI=1S/C27H46O2/c1-4-5-6-7-8-9-10-19-11-12-22-21-18-25(29)24-17-20(28)13-15-27(24,3)23(21)14-16-26(19,22)2/h19-24,28H,4-18H2,1-3H3/t19-,20+,21-,22-,23-,24+,26+,27+/m0/s1. The summed E-state index contributed by atoms with van der Waals surface area (Å²) in [6.07, 6.45) is 18.6. The van der Waals surface area contributed by atoms with Gasteiger partial charge in [-0.15, -0.1) is 0 Å². The van der Waals surface area contributed by atoms with Gasteiger partial charge in [0.25, 0.3) is 0 Å². The molecular formula is C27H46O2. The van der Waals surface area contributed by atoms with Crippen LogP contribution in [0.15, 0.2) is 0 Å². The van der Waals surface area contributed by atoms with E-state index in [2.05, 4.69) is 20.8 Å². The van der Waals surface area contributed by atoms with Crippen molar-refractivity contribution in [1.29, 1.82) is 0 Å². The third-order valence-electron chi connectivity index (χ3n) is 10.5. The second-order valence-electron chi connectivity index (χ2n) is 11.9. The van der Waals surface area contributed by atoms with Gasteiger partial charge in [0.05, 0.1) is 6.10 Å². The number of hydrogen-bond acceptors (Lipinski definition) is 2. The molecule has 4 aliphatic rings. The van der Waals surface area contributed by atoms with E-state index in [9.17, 15) is 9.90 Å². The highest BCUT2D eigenvalue weighted by molar-refractivity contribution is 5.83. The number of unbranched alkanes of at least 4 members (excludes halogenated alkanes) is 5. The molecule has 0 amide bonds. The lowest BCUT2D eigenvalue weighted by Crippen LogP contribution is -2.57. The molecule has 0 bridgehead atoms. The second kappa shape index (κ2) is 8.64. The molecule has 4 saturated carbocycles. The number of Topliss-reactive ketones (excluding diaryl/α,β-unsaturated/α-hetero) is 1. The normalized spacial score (nSPS) is 46.8. The van der Waals surface area contributed by atoms with Gasteiger partial charge < -0.3 is 5.11 Å². The Morgan fingerprint density at radius 1 is 0.897 bits per heavy atom. The molecule has 0 unspecified atom stereocenters. The summed E-state index contributed by atoms with van der Waals surface area (Å²) in [5.74, 6) is 3.66. The predicted octanol–water partition coefficient (Wildman–Crippen LogP) is 6.94. The molecule has 0 aromatic carbocycles. The van der Waals surface area contributed by atoms with Crippen molar-refractivity contribution in [3.05, 3.63) is 0 Å². The number of carbonyl (C=O) groups excluding carboxylic acids is 1. The van der Waals surface area contributed by atoms with E-state index in [1.807, 2.05) is 0 Å². The van der Waals surface area contributed by atoms with Crippen LogP contribution in [-0.4, -0.2) is 17.0 Å². The van der Waals surface area contributed by atoms with Gasteiger partial charge >= 0.3 is 0 Å². The molecule has 2 heteroatoms. The summed E-state index contributed by atoms with van der Waals surface area (Å²) in [5.41, 5.74) is 0.653. The van der Waals surface area contributed by atoms with E-state index in [1.54, 1.807) is 0 Å². The van der Waals surface area contributed by atoms with Crippen LogP contribution >= 0.6 is 0 Å². The Kier molecular flexibility index (Phi) is 6.51. The van der Waals surface area contributed by atoms with Crippen molar-refractivity contribution >= 4 is 5.78 Å². The molecule has 29 heavy (non-hydrogen) atoms. The summed E-state index contributed by atoms with van der Waals surface area (Å²) < 4.78 is 0. The van der Waals surface area contributed by atoms with E-state index >= 15 is 0 Å². The van der Waals surface area contributed by atoms with Crippen molar-refractivity contribution < 1.29 is 9.90 Å². The minimum atomic E-state index is -0.240. The smallest absolute Gasteiger partial charge is 0.136 e. The van der Waals surface area contributed by atoms with Crippen LogP contribution in [0, 0.1) is 40.4 Å². The van der Waals surface area contributed by atoms with Crippen molar-refractivity contribution in [2.75, 3.05) is 0 Å². The molecule has 1 N–H and O–H groups in total. The van der Waals surface area contributed by atoms with E-state index < -0.39 is 0 Å². The molecule has 0 radical (unpaired) electrons. The van der Waals surface area contributed by atoms with Crippen molar-refractivity contribution in [1.82, 2.24) is 0 Å². The molecule has 0 aliphatic heterocycles. The number of ketones is 1. The maximum absolute atomic E-state index is 13.2. The van der Waals surface area contributed by atoms with E-state index in [4.69, 9.17) is 0 Å². The first-order valence-electron chi connectivity index (χ1n) is 13.1. The van der Waals surface area contributed by atoms with Crippen LogP contribution in [0.25, 0.3) is 0 Å². The molecule has 8 atom stereocenters. The number of aliphatic hydroxyl groups is 1. The van der Waals surface area contributed by atoms with Crippen LogP contribution in [0.5, 0.6) is 0 Å². The predicted molar refractivity (Wildman–Crippen MR) is 120 cm³/mol. The lowest BCUT2D eigenvalue weighted by Gasteiger charge is -2.60. The molecule has 0 aromatic rings. The molecule has 0 aromatic heterocycles. The number of aliphatic hydroxyl groups excluding tert-OH is 1. The number of fused-ring (bicyclic) bond motifs is 5. The van der Waals surface area contributed by atoms with E-state index in [0.29, 0.717) is 17.1 Å². The van der Waals surface area contributed by atoms with Gasteiger partial charge in [0.1, 0.15) is 5.78 Å². The minimum absolute atomic E-state index is 0.136. The van der Waals surface area contributed by atoms with E-state index in [-0.39, 0.29) is 17.4 Å². The average Bonchev–Trinajstić information content (AvgIpc) is 3.03. The van der Waals surface area contributed by atoms with Gasteiger partial charge in [0, 0.05) is 12.3 Å². The molecule has 4 aliphatic carbocycles. The average molecular weight is 403 g/mol. The first-order chi connectivity index (χ1) is 13.9. The lowest BCUT2D eigenvalue weighted by atomic mass is 9.44. The Balaban J connectivity index is 1.41. The van der Waals surface area contributed by atoms with Crippen LogP contribution in [0.3, 0.4) is 0 Å². The van der Waals surface area contributed by atoms with Crippen molar-refractivity contribution in [3.63, 3.8) is 0 Å². The molecule has 4 fully saturated rings. The monoisotopic (exact) mass is 402 g/mol. The summed E-state index contributed by atoms with van der Waals surface area (Å²) in [4.78, 5) is 13.2. The highest BCUT2D eigenvalue weighted by Crippen LogP contribution is 2.67. The first-order valence-corrected chi connectivity index (χ1v) is 13.1. The molecular weight excluding hydrogens is 356 g/mol. The zero-order chi connectivity index (χ0) is 20.6. The Morgan fingerprint density at radius 2 is 1.59 bits per heavy atom. The van der Waals surface area contributed by atoms with Crippen LogP contribution in [0.2, 0.25) is 0 Å². The lowest BCUT2D eigenvalue weighted by molar-refractivity contribution is -0.159. The molecule has 0 saturated heterocycles. The Labute approximate surface area is 179 Å². The minimum Gasteiger partial charge on any atom is -0.393 e. The van der Waals surface area contributed by atoms with Crippen molar-refractivity contribution in [2.45, 2.75) is 123 Å². The SMILES string of the molecule is CCCCCCCC[C@H]1CC[C@H]2[C@@H]3CC(=O)[C@H]4C[C@H](O)CC[C@]4(C)[C@H]3CC[C@]12C. The molecule has 2 nitrogen and oxygen atoms in total. The fourth-order valence-electron chi connectivity index (χ4n) is 8.77.